The molecule has 0 aromatic heterocycles. The number of nitrogens with one attached hydrogen (secondary N) is 1. The summed E-state index contributed by atoms with van der Waals surface area (Å²) in [6, 6.07) is 10.2. The van der Waals surface area contributed by atoms with Crippen molar-refractivity contribution in [1.29, 1.82) is 0 Å². The number of nitrogens with two attached hydrogens (primary N) is 1. The van der Waals surface area contributed by atoms with Gasteiger partial charge in [0.05, 0.1) is 6.04 Å². The van der Waals surface area contributed by atoms with Gasteiger partial charge in [0.25, 0.3) is 0 Å². The molecule has 1 saturated heterocycles. The third kappa shape index (κ3) is 3.55. The van der Waals surface area contributed by atoms with Gasteiger partial charge < -0.3 is 11.1 Å². The van der Waals surface area contributed by atoms with Crippen LogP contribution in [0, 0.1) is 0 Å². The molecular weight excluding hydrogens is 226 g/mol. The zero-order valence-electron chi connectivity index (χ0n) is 10.8. The fourth-order valence-electron chi connectivity index (χ4n) is 2.27. The predicted octanol–water partition coefficient (Wildman–Crippen LogP) is 0.724. The molecule has 3 N–H and O–H groups in total. The maximum absolute atomic E-state index is 11.5. The molecule has 0 aliphatic carbocycles. The third-order valence-electron chi connectivity index (χ3n) is 3.28. The zero-order chi connectivity index (χ0) is 13.0. The fourth-order valence-corrected chi connectivity index (χ4v) is 2.27. The van der Waals surface area contributed by atoms with Crippen LogP contribution in [0.5, 0.6) is 0 Å². The SMILES string of the molecule is C[C@H](N)C(=O)N[C@@H]1CCN(Cc2ccccc2)C1. The summed E-state index contributed by atoms with van der Waals surface area (Å²) in [5, 5.41) is 2.99. The van der Waals surface area contributed by atoms with Gasteiger partial charge in [0, 0.05) is 25.7 Å². The number of amides is 1. The molecule has 0 spiro atoms. The van der Waals surface area contributed by atoms with Crippen LogP contribution in [0.4, 0.5) is 0 Å². The molecule has 1 aromatic rings. The lowest BCUT2D eigenvalue weighted by Crippen LogP contribution is -2.44. The van der Waals surface area contributed by atoms with E-state index in [0.29, 0.717) is 0 Å². The van der Waals surface area contributed by atoms with Crippen molar-refractivity contribution in [2.24, 2.45) is 5.73 Å². The summed E-state index contributed by atoms with van der Waals surface area (Å²) in [6.07, 6.45) is 1.01. The van der Waals surface area contributed by atoms with Crippen LogP contribution in [0.15, 0.2) is 30.3 Å². The molecule has 4 heteroatoms. The highest BCUT2D eigenvalue weighted by molar-refractivity contribution is 5.81. The highest BCUT2D eigenvalue weighted by Gasteiger charge is 2.24. The minimum atomic E-state index is -0.423. The van der Waals surface area contributed by atoms with E-state index in [1.807, 2.05) is 6.07 Å². The average molecular weight is 247 g/mol. The highest BCUT2D eigenvalue weighted by Crippen LogP contribution is 2.13. The number of benzene rings is 1. The second-order valence-corrected chi connectivity index (χ2v) is 5.00. The Labute approximate surface area is 108 Å². The summed E-state index contributed by atoms with van der Waals surface area (Å²) in [4.78, 5) is 13.9. The van der Waals surface area contributed by atoms with E-state index in [2.05, 4.69) is 34.5 Å². The van der Waals surface area contributed by atoms with Crippen LogP contribution in [-0.4, -0.2) is 36.0 Å². The molecule has 4 nitrogen and oxygen atoms in total. The second kappa shape index (κ2) is 5.98. The number of rotatable bonds is 4. The van der Waals surface area contributed by atoms with E-state index in [9.17, 15) is 4.79 Å². The van der Waals surface area contributed by atoms with Crippen molar-refractivity contribution in [3.63, 3.8) is 0 Å². The van der Waals surface area contributed by atoms with E-state index in [1.54, 1.807) is 6.92 Å². The van der Waals surface area contributed by atoms with E-state index < -0.39 is 6.04 Å². The first-order chi connectivity index (χ1) is 8.65. The van der Waals surface area contributed by atoms with Crippen molar-refractivity contribution in [2.75, 3.05) is 13.1 Å². The predicted molar refractivity (Wildman–Crippen MR) is 71.9 cm³/mol. The molecule has 1 aliphatic heterocycles. The van der Waals surface area contributed by atoms with E-state index >= 15 is 0 Å². The Morgan fingerprint density at radius 2 is 2.22 bits per heavy atom. The van der Waals surface area contributed by atoms with Crippen molar-refractivity contribution in [3.05, 3.63) is 35.9 Å². The van der Waals surface area contributed by atoms with Crippen molar-refractivity contribution in [1.82, 2.24) is 10.2 Å². The Bertz CT molecular complexity index is 391. The lowest BCUT2D eigenvalue weighted by Gasteiger charge is -2.17. The maximum Gasteiger partial charge on any atom is 0.236 e. The number of carbonyl (C=O) groups is 1. The summed E-state index contributed by atoms with van der Waals surface area (Å²) < 4.78 is 0. The summed E-state index contributed by atoms with van der Waals surface area (Å²) in [7, 11) is 0. The van der Waals surface area contributed by atoms with Crippen molar-refractivity contribution in [2.45, 2.75) is 32.0 Å². The van der Waals surface area contributed by atoms with Gasteiger partial charge in [0.15, 0.2) is 0 Å². The maximum atomic E-state index is 11.5. The molecule has 1 aliphatic rings. The van der Waals surface area contributed by atoms with Crippen LogP contribution in [0.2, 0.25) is 0 Å². The summed E-state index contributed by atoms with van der Waals surface area (Å²) in [6.45, 7) is 4.60. The first kappa shape index (κ1) is 13.1. The van der Waals surface area contributed by atoms with Gasteiger partial charge in [-0.25, -0.2) is 0 Å². The first-order valence-corrected chi connectivity index (χ1v) is 6.47. The minimum Gasteiger partial charge on any atom is -0.351 e. The van der Waals surface area contributed by atoms with Gasteiger partial charge in [-0.15, -0.1) is 0 Å². The van der Waals surface area contributed by atoms with E-state index in [0.717, 1.165) is 26.1 Å². The monoisotopic (exact) mass is 247 g/mol. The molecule has 2 atom stereocenters. The summed E-state index contributed by atoms with van der Waals surface area (Å²) in [5.41, 5.74) is 6.86. The van der Waals surface area contributed by atoms with Gasteiger partial charge in [0.2, 0.25) is 5.91 Å². The molecule has 1 heterocycles. The third-order valence-corrected chi connectivity index (χ3v) is 3.28. The summed E-state index contributed by atoms with van der Waals surface area (Å²) in [5.74, 6) is -0.0541. The van der Waals surface area contributed by atoms with E-state index in [4.69, 9.17) is 5.73 Å². The quantitative estimate of drug-likeness (QED) is 0.824. The number of hydrogen-bond donors (Lipinski definition) is 2. The molecule has 98 valence electrons. The van der Waals surface area contributed by atoms with Gasteiger partial charge in [-0.3, -0.25) is 9.69 Å². The lowest BCUT2D eigenvalue weighted by molar-refractivity contribution is -0.122. The molecule has 0 saturated carbocycles. The number of likely N-dealkylation sites (tertiary alicyclic amines) is 1. The van der Waals surface area contributed by atoms with Crippen LogP contribution >= 0.6 is 0 Å². The van der Waals surface area contributed by atoms with Crippen molar-refractivity contribution >= 4 is 5.91 Å². The molecule has 1 amide bonds. The molecule has 0 unspecified atom stereocenters. The van der Waals surface area contributed by atoms with Gasteiger partial charge in [-0.1, -0.05) is 30.3 Å². The smallest absolute Gasteiger partial charge is 0.236 e. The average Bonchev–Trinajstić information content (AvgIpc) is 2.77. The zero-order valence-corrected chi connectivity index (χ0v) is 10.8. The molecule has 0 bridgehead atoms. The number of nitrogens with zero attached hydrogens (tertiary/aromatic N) is 1. The highest BCUT2D eigenvalue weighted by atomic mass is 16.2. The molecule has 18 heavy (non-hydrogen) atoms. The van der Waals surface area contributed by atoms with Gasteiger partial charge in [0.1, 0.15) is 0 Å². The van der Waals surface area contributed by atoms with Gasteiger partial charge in [-0.05, 0) is 18.9 Å². The summed E-state index contributed by atoms with van der Waals surface area (Å²) >= 11 is 0. The molecular formula is C14H21N3O. The molecule has 2 rings (SSSR count). The molecule has 1 aromatic carbocycles. The molecule has 1 fully saturated rings. The van der Waals surface area contributed by atoms with Crippen LogP contribution in [-0.2, 0) is 11.3 Å². The Morgan fingerprint density at radius 1 is 1.50 bits per heavy atom. The standard InChI is InChI=1S/C14H21N3O/c1-11(15)14(18)16-13-7-8-17(10-13)9-12-5-3-2-4-6-12/h2-6,11,13H,7-10,15H2,1H3,(H,16,18)/t11-,13+/m0/s1. The Hall–Kier alpha value is -1.39. The Balaban J connectivity index is 1.80. The normalized spacial score (nSPS) is 21.8. The topological polar surface area (TPSA) is 58.4 Å². The van der Waals surface area contributed by atoms with Crippen LogP contribution < -0.4 is 11.1 Å². The van der Waals surface area contributed by atoms with E-state index in [-0.39, 0.29) is 11.9 Å². The number of carbonyl (C=O) groups excluding carboxylic acids is 1. The Kier molecular flexibility index (Phi) is 4.33. The van der Waals surface area contributed by atoms with Crippen LogP contribution in [0.3, 0.4) is 0 Å². The second-order valence-electron chi connectivity index (χ2n) is 5.00. The fraction of sp³-hybridized carbons (Fsp3) is 0.500. The largest absolute Gasteiger partial charge is 0.351 e. The van der Waals surface area contributed by atoms with Crippen LogP contribution in [0.1, 0.15) is 18.9 Å². The van der Waals surface area contributed by atoms with Gasteiger partial charge >= 0.3 is 0 Å². The van der Waals surface area contributed by atoms with Crippen molar-refractivity contribution < 1.29 is 4.79 Å². The first-order valence-electron chi connectivity index (χ1n) is 6.47. The van der Waals surface area contributed by atoms with E-state index in [1.165, 1.54) is 5.56 Å². The molecule has 0 radical (unpaired) electrons. The number of hydrogen-bond acceptors (Lipinski definition) is 3. The van der Waals surface area contributed by atoms with Crippen LogP contribution in [0.25, 0.3) is 0 Å². The minimum absolute atomic E-state index is 0.0541. The van der Waals surface area contributed by atoms with Crippen molar-refractivity contribution in [3.8, 4) is 0 Å². The van der Waals surface area contributed by atoms with Gasteiger partial charge in [-0.2, -0.15) is 0 Å². The lowest BCUT2D eigenvalue weighted by atomic mass is 10.2. The Morgan fingerprint density at radius 3 is 2.89 bits per heavy atom.